The summed E-state index contributed by atoms with van der Waals surface area (Å²) in [6.45, 7) is 2.47. The Morgan fingerprint density at radius 3 is 2.77 bits per heavy atom. The van der Waals surface area contributed by atoms with E-state index in [0.717, 1.165) is 53.2 Å². The molecule has 1 saturated heterocycles. The second-order valence-corrected chi connectivity index (χ2v) is 12.0. The fourth-order valence-electron chi connectivity index (χ4n) is 6.36. The van der Waals surface area contributed by atoms with Gasteiger partial charge in [0, 0.05) is 31.7 Å². The number of fused-ring (bicyclic) bond motifs is 2. The smallest absolute Gasteiger partial charge is 0.408 e. The highest BCUT2D eigenvalue weighted by atomic mass is 16.5. The van der Waals surface area contributed by atoms with Gasteiger partial charge in [-0.25, -0.2) is 24.5 Å². The number of carbonyl (C=O) groups excluding carboxylic acids is 2. The first kappa shape index (κ1) is 32.5. The minimum absolute atomic E-state index is 0.0795. The third-order valence-electron chi connectivity index (χ3n) is 8.82. The van der Waals surface area contributed by atoms with Gasteiger partial charge in [0.1, 0.15) is 36.8 Å². The van der Waals surface area contributed by atoms with Gasteiger partial charge in [0.2, 0.25) is 5.91 Å². The molecule has 2 atom stereocenters. The molecule has 48 heavy (non-hydrogen) atoms. The Kier molecular flexibility index (Phi) is 10.5. The van der Waals surface area contributed by atoms with Crippen molar-refractivity contribution in [2.75, 3.05) is 31.1 Å². The lowest BCUT2D eigenvalue weighted by Gasteiger charge is -2.33. The Morgan fingerprint density at radius 2 is 1.92 bits per heavy atom. The number of nitrogens with zero attached hydrogens (tertiary/aromatic N) is 5. The minimum Gasteiger partial charge on any atom is -0.491 e. The van der Waals surface area contributed by atoms with E-state index in [1.807, 2.05) is 42.5 Å². The number of benzene rings is 2. The van der Waals surface area contributed by atoms with Gasteiger partial charge in [-0.2, -0.15) is 0 Å². The number of hydrogen-bond donors (Lipinski definition) is 4. The molecular weight excluding hydrogens is 616 g/mol. The molecule has 252 valence electrons. The van der Waals surface area contributed by atoms with E-state index < -0.39 is 18.2 Å². The summed E-state index contributed by atoms with van der Waals surface area (Å²) in [4.78, 5) is 57.9. The Bertz CT molecular complexity index is 1720. The number of aromatic amines is 1. The molecule has 0 spiro atoms. The van der Waals surface area contributed by atoms with E-state index >= 15 is 0 Å². The molecule has 1 unspecified atom stereocenters. The summed E-state index contributed by atoms with van der Waals surface area (Å²) in [5, 5.41) is 14.0. The van der Waals surface area contributed by atoms with Gasteiger partial charge in [-0.1, -0.05) is 42.5 Å². The van der Waals surface area contributed by atoms with E-state index in [9.17, 15) is 14.4 Å². The molecular formula is C34H40N8O6. The van der Waals surface area contributed by atoms with Gasteiger partial charge < -0.3 is 40.0 Å². The second kappa shape index (κ2) is 15.5. The summed E-state index contributed by atoms with van der Waals surface area (Å²) in [6.07, 6.45) is 5.39. The minimum atomic E-state index is -1.10. The van der Waals surface area contributed by atoms with E-state index in [2.05, 4.69) is 41.5 Å². The predicted octanol–water partition coefficient (Wildman–Crippen LogP) is 4.02. The summed E-state index contributed by atoms with van der Waals surface area (Å²) in [5.41, 5.74) is 4.35. The fourth-order valence-corrected chi connectivity index (χ4v) is 6.36. The second-order valence-electron chi connectivity index (χ2n) is 12.0. The fraction of sp³-hybridized carbons (Fsp3) is 0.412. The molecule has 4 heterocycles. The average molecular weight is 657 g/mol. The van der Waals surface area contributed by atoms with E-state index in [0.29, 0.717) is 51.0 Å². The monoisotopic (exact) mass is 656 g/mol. The van der Waals surface area contributed by atoms with Crippen LogP contribution in [0.4, 0.5) is 15.4 Å². The molecule has 14 heteroatoms. The van der Waals surface area contributed by atoms with E-state index in [-0.39, 0.29) is 25.1 Å². The molecule has 6 rings (SSSR count). The summed E-state index contributed by atoms with van der Waals surface area (Å²) < 4.78 is 11.9. The van der Waals surface area contributed by atoms with Crippen LogP contribution in [-0.4, -0.2) is 86.4 Å². The number of amides is 3. The van der Waals surface area contributed by atoms with Crippen LogP contribution in [-0.2, 0) is 29.1 Å². The first-order chi connectivity index (χ1) is 23.5. The number of H-pyrrole nitrogens is 1. The number of nitrogens with one attached hydrogen (secondary N) is 3. The van der Waals surface area contributed by atoms with Crippen LogP contribution < -0.4 is 20.3 Å². The summed E-state index contributed by atoms with van der Waals surface area (Å²) >= 11 is 0. The van der Waals surface area contributed by atoms with Crippen molar-refractivity contribution in [1.29, 1.82) is 0 Å². The normalized spacial score (nSPS) is 16.3. The molecule has 4 N–H and O–H groups in total. The molecule has 2 aromatic carbocycles. The largest absolute Gasteiger partial charge is 0.491 e. The molecule has 1 fully saturated rings. The lowest BCUT2D eigenvalue weighted by molar-refractivity contribution is -0.134. The zero-order valence-corrected chi connectivity index (χ0v) is 26.6. The Hall–Kier alpha value is -5.40. The Balaban J connectivity index is 1.11. The first-order valence-electron chi connectivity index (χ1n) is 16.3. The van der Waals surface area contributed by atoms with Crippen molar-refractivity contribution < 1.29 is 29.0 Å². The van der Waals surface area contributed by atoms with Crippen molar-refractivity contribution in [3.8, 4) is 5.75 Å². The van der Waals surface area contributed by atoms with Crippen LogP contribution in [0.3, 0.4) is 0 Å². The van der Waals surface area contributed by atoms with Crippen molar-refractivity contribution >= 4 is 35.1 Å². The van der Waals surface area contributed by atoms with Crippen molar-refractivity contribution in [3.63, 3.8) is 0 Å². The third kappa shape index (κ3) is 7.93. The predicted molar refractivity (Wildman–Crippen MR) is 177 cm³/mol. The zero-order chi connectivity index (χ0) is 33.3. The number of imidazole rings is 1. The van der Waals surface area contributed by atoms with Crippen LogP contribution >= 0.6 is 0 Å². The van der Waals surface area contributed by atoms with Gasteiger partial charge in [0.25, 0.3) is 0 Å². The molecule has 3 amide bonds. The molecule has 0 aliphatic carbocycles. The van der Waals surface area contributed by atoms with Crippen LogP contribution in [0, 0.1) is 0 Å². The number of anilines is 1. The Labute approximate surface area is 277 Å². The number of unbranched alkanes of at least 4 members (excludes halogenated alkanes) is 1. The van der Waals surface area contributed by atoms with Crippen LogP contribution in [0.1, 0.15) is 48.8 Å². The maximum Gasteiger partial charge on any atom is 0.408 e. The highest BCUT2D eigenvalue weighted by Crippen LogP contribution is 2.32. The van der Waals surface area contributed by atoms with Crippen molar-refractivity contribution in [2.45, 2.75) is 63.8 Å². The SMILES string of the molecule is O=C(O)NCCCCC(NC(=O)OCc1ccccc1)C(=O)N1CCc2cccc(OC[C@H]3CCCN3c3ncnc4[nH]cnc34)c2C1. The molecule has 0 bridgehead atoms. The maximum atomic E-state index is 13.9. The van der Waals surface area contributed by atoms with Gasteiger partial charge in [-0.15, -0.1) is 0 Å². The third-order valence-corrected chi connectivity index (χ3v) is 8.82. The number of hydrogen-bond acceptors (Lipinski definition) is 9. The first-order valence-corrected chi connectivity index (χ1v) is 16.3. The molecule has 2 aromatic heterocycles. The van der Waals surface area contributed by atoms with Crippen LogP contribution in [0.15, 0.2) is 61.2 Å². The van der Waals surface area contributed by atoms with Crippen molar-refractivity contribution in [1.82, 2.24) is 35.5 Å². The quantitative estimate of drug-likeness (QED) is 0.154. The maximum absolute atomic E-state index is 13.9. The zero-order valence-electron chi connectivity index (χ0n) is 26.6. The molecule has 0 saturated carbocycles. The van der Waals surface area contributed by atoms with Crippen molar-refractivity contribution in [2.24, 2.45) is 0 Å². The van der Waals surface area contributed by atoms with E-state index in [1.165, 1.54) is 0 Å². The lowest BCUT2D eigenvalue weighted by atomic mass is 9.97. The summed E-state index contributed by atoms with van der Waals surface area (Å²) in [6, 6.07) is 14.6. The van der Waals surface area contributed by atoms with Crippen LogP contribution in [0.25, 0.3) is 11.2 Å². The number of ether oxygens (including phenoxy) is 2. The van der Waals surface area contributed by atoms with Gasteiger partial charge in [-0.05, 0) is 55.7 Å². The number of carboxylic acid groups (broad SMARTS) is 1. The van der Waals surface area contributed by atoms with Crippen molar-refractivity contribution in [3.05, 3.63) is 77.9 Å². The molecule has 2 aliphatic heterocycles. The lowest BCUT2D eigenvalue weighted by Crippen LogP contribution is -2.50. The molecule has 2 aliphatic rings. The Morgan fingerprint density at radius 1 is 1.04 bits per heavy atom. The molecule has 0 radical (unpaired) electrons. The average Bonchev–Trinajstić information content (AvgIpc) is 3.79. The standard InChI is InChI=1S/C34H40N8O6/c43-32(27(12-4-5-15-35-33(44)45)40-34(46)48-19-23-8-2-1-3-9-23)41-17-14-24-10-6-13-28(26(24)18-41)47-20-25-11-7-16-42(25)31-29-30(37-21-36-29)38-22-39-31/h1-3,6,8-10,13,21-22,25,27,35H,4-5,7,11-12,14-20H2,(H,40,46)(H,44,45)(H,36,37,38,39)/t25-,27?/m1/s1. The topological polar surface area (TPSA) is 175 Å². The highest BCUT2D eigenvalue weighted by Gasteiger charge is 2.32. The van der Waals surface area contributed by atoms with Gasteiger partial charge in [0.15, 0.2) is 11.5 Å². The van der Waals surface area contributed by atoms with E-state index in [1.54, 1.807) is 17.6 Å². The van der Waals surface area contributed by atoms with Gasteiger partial charge in [0.05, 0.1) is 12.4 Å². The van der Waals surface area contributed by atoms with Crippen LogP contribution in [0.5, 0.6) is 5.75 Å². The van der Waals surface area contributed by atoms with Gasteiger partial charge >= 0.3 is 12.2 Å². The van der Waals surface area contributed by atoms with Gasteiger partial charge in [-0.3, -0.25) is 4.79 Å². The molecule has 14 nitrogen and oxygen atoms in total. The number of aromatic nitrogens is 4. The summed E-state index contributed by atoms with van der Waals surface area (Å²) in [5.74, 6) is 1.31. The van der Waals surface area contributed by atoms with E-state index in [4.69, 9.17) is 14.6 Å². The van der Waals surface area contributed by atoms with Crippen LogP contribution in [0.2, 0.25) is 0 Å². The highest BCUT2D eigenvalue weighted by molar-refractivity contribution is 5.86. The number of rotatable bonds is 13. The molecule has 4 aromatic rings. The number of carbonyl (C=O) groups is 3. The number of alkyl carbamates (subject to hydrolysis) is 1. The summed E-state index contributed by atoms with van der Waals surface area (Å²) in [7, 11) is 0.